The summed E-state index contributed by atoms with van der Waals surface area (Å²) < 4.78 is 32.5. The third kappa shape index (κ3) is 7.57. The van der Waals surface area contributed by atoms with Gasteiger partial charge in [0.1, 0.15) is 17.7 Å². The third-order valence-corrected chi connectivity index (χ3v) is 7.30. The van der Waals surface area contributed by atoms with E-state index in [0.29, 0.717) is 57.8 Å². The maximum Gasteiger partial charge on any atom is 0.254 e. The SMILES string of the molecule is NCCNC(=O)[C@H]1CC(N(CCN2CCOCC2)Cc2ccc(F)cc2)CCN1C(=O)c1ccc(F)cc1. The molecule has 0 aromatic heterocycles. The van der Waals surface area contributed by atoms with E-state index >= 15 is 0 Å². The fourth-order valence-electron chi connectivity index (χ4n) is 5.15. The van der Waals surface area contributed by atoms with E-state index in [1.165, 1.54) is 36.4 Å². The van der Waals surface area contributed by atoms with Crippen LogP contribution in [0.2, 0.25) is 0 Å². The molecule has 0 radical (unpaired) electrons. The summed E-state index contributed by atoms with van der Waals surface area (Å²) in [6, 6.07) is 11.2. The lowest BCUT2D eigenvalue weighted by molar-refractivity contribution is -0.127. The van der Waals surface area contributed by atoms with Gasteiger partial charge >= 0.3 is 0 Å². The van der Waals surface area contributed by atoms with E-state index in [4.69, 9.17) is 10.5 Å². The Morgan fingerprint density at radius 2 is 1.66 bits per heavy atom. The normalized spacial score (nSPS) is 20.5. The minimum absolute atomic E-state index is 0.0342. The second kappa shape index (κ2) is 13.7. The molecule has 0 bridgehead atoms. The Balaban J connectivity index is 1.52. The molecular formula is C28H37F2N5O3. The highest BCUT2D eigenvalue weighted by Crippen LogP contribution is 2.26. The molecule has 0 spiro atoms. The lowest BCUT2D eigenvalue weighted by atomic mass is 9.93. The van der Waals surface area contributed by atoms with Gasteiger partial charge in [-0.3, -0.25) is 19.4 Å². The summed E-state index contributed by atoms with van der Waals surface area (Å²) in [6.45, 7) is 6.40. The van der Waals surface area contributed by atoms with Crippen LogP contribution in [0.25, 0.3) is 0 Å². The van der Waals surface area contributed by atoms with Crippen LogP contribution in [0.3, 0.4) is 0 Å². The smallest absolute Gasteiger partial charge is 0.254 e. The molecule has 38 heavy (non-hydrogen) atoms. The number of amides is 2. The van der Waals surface area contributed by atoms with E-state index in [1.54, 1.807) is 17.0 Å². The van der Waals surface area contributed by atoms with Crippen molar-refractivity contribution in [3.63, 3.8) is 0 Å². The van der Waals surface area contributed by atoms with Crippen LogP contribution in [0, 0.1) is 11.6 Å². The molecule has 1 unspecified atom stereocenters. The zero-order valence-electron chi connectivity index (χ0n) is 21.7. The van der Waals surface area contributed by atoms with Gasteiger partial charge in [-0.05, 0) is 54.8 Å². The average molecular weight is 530 g/mol. The van der Waals surface area contributed by atoms with Crippen LogP contribution in [-0.2, 0) is 16.1 Å². The number of halogens is 2. The van der Waals surface area contributed by atoms with Gasteiger partial charge in [0.05, 0.1) is 13.2 Å². The van der Waals surface area contributed by atoms with Crippen molar-refractivity contribution in [2.24, 2.45) is 5.73 Å². The Morgan fingerprint density at radius 3 is 2.32 bits per heavy atom. The van der Waals surface area contributed by atoms with Crippen molar-refractivity contribution in [3.8, 4) is 0 Å². The molecule has 2 amide bonds. The molecule has 0 saturated carbocycles. The number of hydrogen-bond acceptors (Lipinski definition) is 6. The second-order valence-electron chi connectivity index (χ2n) is 9.83. The predicted molar refractivity (Wildman–Crippen MR) is 140 cm³/mol. The van der Waals surface area contributed by atoms with Crippen molar-refractivity contribution < 1.29 is 23.1 Å². The molecule has 2 aliphatic heterocycles. The number of carbonyl (C=O) groups is 2. The lowest BCUT2D eigenvalue weighted by Gasteiger charge is -2.43. The maximum absolute atomic E-state index is 13.5. The van der Waals surface area contributed by atoms with Crippen LogP contribution in [0.5, 0.6) is 0 Å². The van der Waals surface area contributed by atoms with Gasteiger partial charge in [-0.15, -0.1) is 0 Å². The average Bonchev–Trinajstić information content (AvgIpc) is 2.95. The Bertz CT molecular complexity index is 1050. The number of ether oxygens (including phenoxy) is 1. The van der Waals surface area contributed by atoms with Gasteiger partial charge in [0.15, 0.2) is 0 Å². The highest BCUT2D eigenvalue weighted by Gasteiger charge is 2.38. The minimum Gasteiger partial charge on any atom is -0.379 e. The van der Waals surface area contributed by atoms with Gasteiger partial charge in [0, 0.05) is 64.0 Å². The number of nitrogens with zero attached hydrogens (tertiary/aromatic N) is 3. The molecule has 10 heteroatoms. The van der Waals surface area contributed by atoms with Crippen LogP contribution in [0.1, 0.15) is 28.8 Å². The topological polar surface area (TPSA) is 91.1 Å². The number of piperidine rings is 1. The highest BCUT2D eigenvalue weighted by molar-refractivity contribution is 5.97. The zero-order valence-corrected chi connectivity index (χ0v) is 21.7. The molecule has 2 aliphatic rings. The van der Waals surface area contributed by atoms with Crippen molar-refractivity contribution in [3.05, 3.63) is 71.3 Å². The maximum atomic E-state index is 13.5. The Labute approximate surface area is 222 Å². The first kappa shape index (κ1) is 28.1. The van der Waals surface area contributed by atoms with Crippen LogP contribution < -0.4 is 11.1 Å². The number of hydrogen-bond donors (Lipinski definition) is 2. The number of nitrogens with two attached hydrogens (primary N) is 1. The van der Waals surface area contributed by atoms with Crippen molar-refractivity contribution >= 4 is 11.8 Å². The van der Waals surface area contributed by atoms with Crippen molar-refractivity contribution in [2.75, 3.05) is 59.0 Å². The summed E-state index contributed by atoms with van der Waals surface area (Å²) in [5.74, 6) is -1.24. The van der Waals surface area contributed by atoms with Gasteiger partial charge in [-0.1, -0.05) is 12.1 Å². The molecule has 2 aromatic rings. The van der Waals surface area contributed by atoms with Gasteiger partial charge < -0.3 is 20.7 Å². The molecule has 0 aliphatic carbocycles. The Kier molecular flexibility index (Phi) is 10.2. The van der Waals surface area contributed by atoms with Crippen molar-refractivity contribution in [2.45, 2.75) is 31.5 Å². The van der Waals surface area contributed by atoms with Gasteiger partial charge in [0.25, 0.3) is 5.91 Å². The molecule has 4 rings (SSSR count). The van der Waals surface area contributed by atoms with E-state index in [1.807, 2.05) is 0 Å². The molecule has 2 atom stereocenters. The predicted octanol–water partition coefficient (Wildman–Crippen LogP) is 1.85. The van der Waals surface area contributed by atoms with Crippen LogP contribution >= 0.6 is 0 Å². The number of morpholine rings is 1. The summed E-state index contributed by atoms with van der Waals surface area (Å²) >= 11 is 0. The quantitative estimate of drug-likeness (QED) is 0.488. The van der Waals surface area contributed by atoms with Crippen LogP contribution in [0.15, 0.2) is 48.5 Å². The first-order valence-corrected chi connectivity index (χ1v) is 13.3. The van der Waals surface area contributed by atoms with E-state index < -0.39 is 11.9 Å². The van der Waals surface area contributed by atoms with E-state index in [-0.39, 0.29) is 23.7 Å². The second-order valence-corrected chi connectivity index (χ2v) is 9.83. The number of carbonyl (C=O) groups excluding carboxylic acids is 2. The summed E-state index contributed by atoms with van der Waals surface area (Å²) in [5, 5.41) is 2.85. The molecule has 2 fully saturated rings. The number of nitrogens with one attached hydrogen (secondary N) is 1. The third-order valence-electron chi connectivity index (χ3n) is 7.30. The Hall–Kier alpha value is -2.92. The summed E-state index contributed by atoms with van der Waals surface area (Å²) in [4.78, 5) is 32.9. The molecule has 8 nitrogen and oxygen atoms in total. The minimum atomic E-state index is -0.683. The van der Waals surface area contributed by atoms with Gasteiger partial charge in [-0.25, -0.2) is 8.78 Å². The van der Waals surface area contributed by atoms with Gasteiger partial charge in [0.2, 0.25) is 5.91 Å². The summed E-state index contributed by atoms with van der Waals surface area (Å²) in [5.41, 5.74) is 6.94. The van der Waals surface area contributed by atoms with Crippen molar-refractivity contribution in [1.82, 2.24) is 20.0 Å². The fourth-order valence-corrected chi connectivity index (χ4v) is 5.15. The summed E-state index contributed by atoms with van der Waals surface area (Å²) in [7, 11) is 0. The molecule has 2 aromatic carbocycles. The first-order chi connectivity index (χ1) is 18.4. The van der Waals surface area contributed by atoms with E-state index in [0.717, 1.165) is 31.7 Å². The van der Waals surface area contributed by atoms with Crippen LogP contribution in [0.4, 0.5) is 8.78 Å². The van der Waals surface area contributed by atoms with Crippen molar-refractivity contribution in [1.29, 1.82) is 0 Å². The van der Waals surface area contributed by atoms with E-state index in [2.05, 4.69) is 15.1 Å². The molecular weight excluding hydrogens is 492 g/mol. The first-order valence-electron chi connectivity index (χ1n) is 13.3. The standard InChI is InChI=1S/C28H37F2N5O3/c29-23-5-1-21(2-6-23)20-34(14-13-33-15-17-38-18-16-33)25-9-12-35(26(19-25)27(36)32-11-10-31)28(37)22-3-7-24(30)8-4-22/h1-8,25-26H,9-20,31H2,(H,32,36)/t25?,26-/m1/s1. The molecule has 206 valence electrons. The number of rotatable bonds is 10. The largest absolute Gasteiger partial charge is 0.379 e. The lowest BCUT2D eigenvalue weighted by Crippen LogP contribution is -2.58. The highest BCUT2D eigenvalue weighted by atomic mass is 19.1. The Morgan fingerprint density at radius 1 is 1.00 bits per heavy atom. The number of likely N-dealkylation sites (tertiary alicyclic amines) is 1. The monoisotopic (exact) mass is 529 g/mol. The molecule has 2 saturated heterocycles. The molecule has 3 N–H and O–H groups in total. The fraction of sp³-hybridized carbons (Fsp3) is 0.500. The van der Waals surface area contributed by atoms with Gasteiger partial charge in [-0.2, -0.15) is 0 Å². The summed E-state index contributed by atoms with van der Waals surface area (Å²) in [6.07, 6.45) is 1.13. The zero-order chi connectivity index (χ0) is 26.9. The van der Waals surface area contributed by atoms with E-state index in [9.17, 15) is 18.4 Å². The molecule has 2 heterocycles. The van der Waals surface area contributed by atoms with Crippen LogP contribution in [-0.4, -0.2) is 97.6 Å². The number of benzene rings is 2.